The summed E-state index contributed by atoms with van der Waals surface area (Å²) in [6, 6.07) is 9.35. The number of sulfonamides is 2. The van der Waals surface area contributed by atoms with Crippen LogP contribution in [0.2, 0.25) is 0 Å². The van der Waals surface area contributed by atoms with E-state index >= 15 is 0 Å². The lowest BCUT2D eigenvalue weighted by Gasteiger charge is -2.40. The lowest BCUT2D eigenvalue weighted by atomic mass is 10.1. The van der Waals surface area contributed by atoms with Gasteiger partial charge in [-0.2, -0.15) is 22.2 Å². The SMILES string of the molecule is COc1ccc2ccc(S(=O)(=O)NC3CN(S(=O)(=O)C(F)(F)F)CCN3CCC=O)cc2c1. The van der Waals surface area contributed by atoms with E-state index in [0.717, 1.165) is 5.39 Å². The number of nitrogens with zero attached hydrogens (tertiary/aromatic N) is 2. The summed E-state index contributed by atoms with van der Waals surface area (Å²) in [5.41, 5.74) is -5.52. The van der Waals surface area contributed by atoms with Crippen LogP contribution in [-0.4, -0.2) is 77.3 Å². The van der Waals surface area contributed by atoms with Gasteiger partial charge in [0.1, 0.15) is 12.0 Å². The molecule has 0 aromatic heterocycles. The quantitative estimate of drug-likeness (QED) is 0.537. The van der Waals surface area contributed by atoms with Gasteiger partial charge in [0.15, 0.2) is 0 Å². The number of piperazine rings is 1. The van der Waals surface area contributed by atoms with Crippen LogP contribution < -0.4 is 9.46 Å². The second kappa shape index (κ2) is 9.54. The molecule has 1 aliphatic heterocycles. The van der Waals surface area contributed by atoms with Crippen LogP contribution in [-0.2, 0) is 24.8 Å². The molecule has 1 saturated heterocycles. The Balaban J connectivity index is 1.91. The first-order valence-corrected chi connectivity index (χ1v) is 12.7. The minimum atomic E-state index is -5.64. The van der Waals surface area contributed by atoms with Gasteiger partial charge in [-0.15, -0.1) is 0 Å². The summed E-state index contributed by atoms with van der Waals surface area (Å²) in [6.07, 6.45) is -0.719. The standard InChI is InChI=1S/C19H22F3N3O6S2/c1-31-16-5-3-14-4-6-17(12-15(14)11-16)32(27,28)23-18-13-25(33(29,30)19(20,21)22)9-8-24(18)7-2-10-26/h3-6,10-12,18,23H,2,7-9,13H2,1H3. The smallest absolute Gasteiger partial charge is 0.497 e. The molecule has 1 fully saturated rings. The average Bonchev–Trinajstić information content (AvgIpc) is 2.76. The summed E-state index contributed by atoms with van der Waals surface area (Å²) in [5.74, 6) is 0.505. The Hall–Kier alpha value is -2.26. The molecule has 0 aliphatic carbocycles. The van der Waals surface area contributed by atoms with Crippen LogP contribution in [0.15, 0.2) is 41.3 Å². The third kappa shape index (κ3) is 5.46. The zero-order valence-corrected chi connectivity index (χ0v) is 19.1. The number of halogens is 3. The number of carbonyl (C=O) groups excluding carboxylic acids is 1. The van der Waals surface area contributed by atoms with Gasteiger partial charge in [0.05, 0.1) is 18.2 Å². The van der Waals surface area contributed by atoms with Crippen molar-refractivity contribution in [3.8, 4) is 5.75 Å². The predicted octanol–water partition coefficient (Wildman–Crippen LogP) is 1.51. The Bertz CT molecular complexity index is 1240. The van der Waals surface area contributed by atoms with Crippen molar-refractivity contribution in [3.63, 3.8) is 0 Å². The highest BCUT2D eigenvalue weighted by Crippen LogP contribution is 2.29. The first-order valence-electron chi connectivity index (χ1n) is 9.73. The lowest BCUT2D eigenvalue weighted by molar-refractivity contribution is -0.108. The fourth-order valence-corrected chi connectivity index (χ4v) is 5.70. The van der Waals surface area contributed by atoms with Crippen molar-refractivity contribution in [2.24, 2.45) is 0 Å². The number of ether oxygens (including phenoxy) is 1. The number of rotatable bonds is 8. The largest absolute Gasteiger partial charge is 0.511 e. The van der Waals surface area contributed by atoms with Gasteiger partial charge in [0.2, 0.25) is 10.0 Å². The van der Waals surface area contributed by atoms with E-state index in [-0.39, 0.29) is 28.7 Å². The molecule has 0 bridgehead atoms. The number of hydrogen-bond donors (Lipinski definition) is 1. The Morgan fingerprint density at radius 3 is 2.42 bits per heavy atom. The van der Waals surface area contributed by atoms with E-state index in [1.54, 1.807) is 24.3 Å². The fourth-order valence-electron chi connectivity index (χ4n) is 3.50. The van der Waals surface area contributed by atoms with Gasteiger partial charge in [-0.05, 0) is 35.0 Å². The van der Waals surface area contributed by atoms with Crippen molar-refractivity contribution in [2.75, 3.05) is 33.3 Å². The number of carbonyl (C=O) groups is 1. The minimum Gasteiger partial charge on any atom is -0.497 e. The second-order valence-electron chi connectivity index (χ2n) is 7.31. The van der Waals surface area contributed by atoms with Crippen molar-refractivity contribution in [1.82, 2.24) is 13.9 Å². The van der Waals surface area contributed by atoms with E-state index in [0.29, 0.717) is 17.4 Å². The van der Waals surface area contributed by atoms with Gasteiger partial charge < -0.3 is 9.53 Å². The zero-order valence-electron chi connectivity index (χ0n) is 17.4. The summed E-state index contributed by atoms with van der Waals surface area (Å²) in [6.45, 7) is -1.40. The summed E-state index contributed by atoms with van der Waals surface area (Å²) < 4.78 is 96.5. The number of nitrogens with one attached hydrogen (secondary N) is 1. The van der Waals surface area contributed by atoms with Crippen molar-refractivity contribution < 1.29 is 39.5 Å². The average molecular weight is 510 g/mol. The molecule has 14 heteroatoms. The van der Waals surface area contributed by atoms with Crippen LogP contribution in [0, 0.1) is 0 Å². The molecule has 0 amide bonds. The molecule has 1 atom stereocenters. The van der Waals surface area contributed by atoms with Crippen LogP contribution in [0.1, 0.15) is 6.42 Å². The number of methoxy groups -OCH3 is 1. The summed E-state index contributed by atoms with van der Waals surface area (Å²) in [5, 5.41) is 1.29. The number of hydrogen-bond acceptors (Lipinski definition) is 7. The van der Waals surface area contributed by atoms with E-state index in [4.69, 9.17) is 4.74 Å². The van der Waals surface area contributed by atoms with Crippen molar-refractivity contribution >= 4 is 37.1 Å². The molecule has 3 rings (SSSR count). The molecule has 2 aromatic carbocycles. The number of fused-ring (bicyclic) bond motifs is 1. The van der Waals surface area contributed by atoms with E-state index in [9.17, 15) is 34.8 Å². The molecule has 2 aromatic rings. The van der Waals surface area contributed by atoms with E-state index in [1.165, 1.54) is 24.1 Å². The molecule has 1 aliphatic rings. The van der Waals surface area contributed by atoms with Gasteiger partial charge in [-0.1, -0.05) is 12.1 Å². The van der Waals surface area contributed by atoms with Crippen LogP contribution >= 0.6 is 0 Å². The number of benzene rings is 2. The highest BCUT2D eigenvalue weighted by atomic mass is 32.2. The van der Waals surface area contributed by atoms with Gasteiger partial charge in [0.25, 0.3) is 0 Å². The van der Waals surface area contributed by atoms with Crippen molar-refractivity contribution in [3.05, 3.63) is 36.4 Å². The molecule has 1 heterocycles. The molecule has 9 nitrogen and oxygen atoms in total. The Kier molecular flexibility index (Phi) is 7.33. The lowest BCUT2D eigenvalue weighted by Crippen LogP contribution is -2.62. The maximum atomic E-state index is 13.0. The van der Waals surface area contributed by atoms with Crippen molar-refractivity contribution in [1.29, 1.82) is 0 Å². The Labute approximate surface area is 189 Å². The molecular weight excluding hydrogens is 487 g/mol. The summed E-state index contributed by atoms with van der Waals surface area (Å²) in [4.78, 5) is 12.0. The highest BCUT2D eigenvalue weighted by molar-refractivity contribution is 7.90. The van der Waals surface area contributed by atoms with E-state index in [2.05, 4.69) is 4.72 Å². The van der Waals surface area contributed by atoms with Gasteiger partial charge in [0, 0.05) is 32.6 Å². The molecule has 33 heavy (non-hydrogen) atoms. The third-order valence-electron chi connectivity index (χ3n) is 5.24. The Morgan fingerprint density at radius 1 is 1.09 bits per heavy atom. The van der Waals surface area contributed by atoms with Gasteiger partial charge in [-0.3, -0.25) is 4.90 Å². The highest BCUT2D eigenvalue weighted by Gasteiger charge is 2.51. The first kappa shape index (κ1) is 25.4. The maximum Gasteiger partial charge on any atom is 0.511 e. The molecule has 0 spiro atoms. The third-order valence-corrected chi connectivity index (χ3v) is 8.29. The molecule has 1 N–H and O–H groups in total. The zero-order chi connectivity index (χ0) is 24.4. The normalized spacial score (nSPS) is 19.0. The first-order chi connectivity index (χ1) is 15.4. The maximum absolute atomic E-state index is 13.0. The van der Waals surface area contributed by atoms with Gasteiger partial charge in [-0.25, -0.2) is 16.8 Å². The van der Waals surface area contributed by atoms with Crippen molar-refractivity contribution in [2.45, 2.75) is 23.0 Å². The minimum absolute atomic E-state index is 0.0000175. The molecule has 0 saturated carbocycles. The molecule has 182 valence electrons. The molecule has 1 unspecified atom stereocenters. The number of alkyl halides is 3. The van der Waals surface area contributed by atoms with E-state index in [1.807, 2.05) is 0 Å². The summed E-state index contributed by atoms with van der Waals surface area (Å²) in [7, 11) is -8.44. The van der Waals surface area contributed by atoms with Crippen LogP contribution in [0.4, 0.5) is 13.2 Å². The second-order valence-corrected chi connectivity index (χ2v) is 11.0. The Morgan fingerprint density at radius 2 is 1.79 bits per heavy atom. The topological polar surface area (TPSA) is 113 Å². The van der Waals surface area contributed by atoms with E-state index < -0.39 is 44.8 Å². The van der Waals surface area contributed by atoms with Crippen LogP contribution in [0.25, 0.3) is 10.8 Å². The van der Waals surface area contributed by atoms with Gasteiger partial charge >= 0.3 is 15.5 Å². The monoisotopic (exact) mass is 509 g/mol. The predicted molar refractivity (Wildman–Crippen MR) is 113 cm³/mol. The van der Waals surface area contributed by atoms with Crippen LogP contribution in [0.3, 0.4) is 0 Å². The van der Waals surface area contributed by atoms with Crippen LogP contribution in [0.5, 0.6) is 5.75 Å². The summed E-state index contributed by atoms with van der Waals surface area (Å²) >= 11 is 0. The molecule has 0 radical (unpaired) electrons. The molecular formula is C19H22F3N3O6S2. The fraction of sp³-hybridized carbons (Fsp3) is 0.421. The number of aldehydes is 1.